The third-order valence-electron chi connectivity index (χ3n) is 0.549. The molecule has 0 unspecified atom stereocenters. The topological polar surface area (TPSA) is 37.3 Å². The lowest BCUT2D eigenvalue weighted by Gasteiger charge is -1.87. The van der Waals surface area contributed by atoms with Crippen LogP contribution < -0.4 is 0 Å². The van der Waals surface area contributed by atoms with Gasteiger partial charge in [0.05, 0.1) is 7.85 Å². The Balaban J connectivity index is 3.58. The van der Waals surface area contributed by atoms with Crippen molar-refractivity contribution in [2.45, 2.75) is 6.32 Å². The highest BCUT2D eigenvalue weighted by molar-refractivity contribution is 6.13. The van der Waals surface area contributed by atoms with Crippen LogP contribution in [0.1, 0.15) is 0 Å². The summed E-state index contributed by atoms with van der Waals surface area (Å²) in [5.41, 5.74) is 0.0417. The van der Waals surface area contributed by atoms with Gasteiger partial charge < -0.3 is 5.11 Å². The van der Waals surface area contributed by atoms with Gasteiger partial charge in [-0.15, -0.1) is 0 Å². The second-order valence-electron chi connectivity index (χ2n) is 1.11. The summed E-state index contributed by atoms with van der Waals surface area (Å²) in [5, 5.41) is 8.00. The van der Waals surface area contributed by atoms with Crippen LogP contribution in [0.25, 0.3) is 0 Å². The summed E-state index contributed by atoms with van der Waals surface area (Å²) in [4.78, 5) is 9.75. The van der Waals surface area contributed by atoms with E-state index in [1.807, 2.05) is 0 Å². The Kier molecular flexibility index (Phi) is 2.19. The molecule has 0 heterocycles. The van der Waals surface area contributed by atoms with E-state index in [-0.39, 0.29) is 11.9 Å². The predicted molar refractivity (Wildman–Crippen MR) is 27.3 cm³/mol. The number of carboxylic acids is 1. The number of hydrogen-bond acceptors (Lipinski definition) is 1. The van der Waals surface area contributed by atoms with Gasteiger partial charge in [-0.2, -0.15) is 0 Å². The molecule has 0 aromatic heterocycles. The molecule has 0 bridgehead atoms. The van der Waals surface area contributed by atoms with E-state index in [0.717, 1.165) is 0 Å². The zero-order valence-corrected chi connectivity index (χ0v) is 3.85. The Morgan fingerprint density at radius 3 is 2.29 bits per heavy atom. The van der Waals surface area contributed by atoms with Crippen LogP contribution in [-0.2, 0) is 4.79 Å². The molecule has 2 nitrogen and oxygen atoms in total. The summed E-state index contributed by atoms with van der Waals surface area (Å²) in [6.45, 7) is 3.15. The second-order valence-corrected chi connectivity index (χ2v) is 1.11. The summed E-state index contributed by atoms with van der Waals surface area (Å²) >= 11 is 0. The standard InChI is InChI=1S/C4H5BO2/c1-3(2-5)4(6)7/h1-2H2,(H,6,7). The van der Waals surface area contributed by atoms with Crippen LogP contribution >= 0.6 is 0 Å². The van der Waals surface area contributed by atoms with Crippen molar-refractivity contribution in [1.82, 2.24) is 0 Å². The number of carboxylic acid groups (broad SMARTS) is 1. The molecule has 0 atom stereocenters. The SMILES string of the molecule is [B]CC(=C)C(=O)O. The van der Waals surface area contributed by atoms with E-state index in [1.165, 1.54) is 0 Å². The molecule has 36 valence electrons. The summed E-state index contributed by atoms with van der Waals surface area (Å²) in [7, 11) is 4.89. The van der Waals surface area contributed by atoms with Gasteiger partial charge in [0, 0.05) is 5.57 Å². The number of carbonyl (C=O) groups is 1. The molecule has 0 aromatic rings. The van der Waals surface area contributed by atoms with Gasteiger partial charge in [-0.05, 0) is 0 Å². The van der Waals surface area contributed by atoms with E-state index >= 15 is 0 Å². The van der Waals surface area contributed by atoms with E-state index in [4.69, 9.17) is 13.0 Å². The van der Waals surface area contributed by atoms with Crippen molar-refractivity contribution in [2.24, 2.45) is 0 Å². The molecule has 0 aliphatic carbocycles. The third-order valence-corrected chi connectivity index (χ3v) is 0.549. The lowest BCUT2D eigenvalue weighted by molar-refractivity contribution is -0.132. The molecule has 0 rings (SSSR count). The smallest absolute Gasteiger partial charge is 0.330 e. The number of rotatable bonds is 2. The summed E-state index contributed by atoms with van der Waals surface area (Å²) < 4.78 is 0. The Bertz CT molecular complexity index is 97.9. The maximum absolute atomic E-state index is 9.75. The molecule has 0 aliphatic heterocycles. The first-order chi connectivity index (χ1) is 3.18. The largest absolute Gasteiger partial charge is 0.478 e. The molecule has 1 N–H and O–H groups in total. The number of aliphatic carboxylic acids is 1. The van der Waals surface area contributed by atoms with Crippen molar-refractivity contribution in [3.8, 4) is 0 Å². The second kappa shape index (κ2) is 2.45. The highest BCUT2D eigenvalue weighted by atomic mass is 16.4. The lowest BCUT2D eigenvalue weighted by atomic mass is 9.98. The molecule has 7 heavy (non-hydrogen) atoms. The van der Waals surface area contributed by atoms with E-state index < -0.39 is 5.97 Å². The zero-order chi connectivity index (χ0) is 5.86. The minimum atomic E-state index is -1.03. The average Bonchev–Trinajstić information content (AvgIpc) is 1.65. The van der Waals surface area contributed by atoms with Crippen molar-refractivity contribution in [3.63, 3.8) is 0 Å². The molecule has 0 amide bonds. The van der Waals surface area contributed by atoms with Crippen molar-refractivity contribution in [2.75, 3.05) is 0 Å². The predicted octanol–water partition coefficient (Wildman–Crippen LogP) is 0.214. The molecular weight excluding hydrogens is 90.9 g/mol. The fourth-order valence-corrected chi connectivity index (χ4v) is 0.0873. The molecule has 0 saturated heterocycles. The van der Waals surface area contributed by atoms with Crippen LogP contribution in [-0.4, -0.2) is 18.9 Å². The van der Waals surface area contributed by atoms with Gasteiger partial charge in [0.2, 0.25) is 0 Å². The Labute approximate surface area is 43.3 Å². The quantitative estimate of drug-likeness (QED) is 0.394. The van der Waals surface area contributed by atoms with Crippen molar-refractivity contribution < 1.29 is 9.90 Å². The van der Waals surface area contributed by atoms with Crippen molar-refractivity contribution >= 4 is 13.8 Å². The van der Waals surface area contributed by atoms with E-state index in [2.05, 4.69) is 6.58 Å². The van der Waals surface area contributed by atoms with Crippen LogP contribution in [0.4, 0.5) is 0 Å². The maximum Gasteiger partial charge on any atom is 0.330 e. The lowest BCUT2D eigenvalue weighted by Crippen LogP contribution is -1.96. The minimum absolute atomic E-state index is 0.0231. The summed E-state index contributed by atoms with van der Waals surface area (Å²) in [5.74, 6) is -1.03. The fraction of sp³-hybridized carbons (Fsp3) is 0.250. The first-order valence-electron chi connectivity index (χ1n) is 1.79. The van der Waals surface area contributed by atoms with Gasteiger partial charge in [0.25, 0.3) is 0 Å². The van der Waals surface area contributed by atoms with E-state index in [0.29, 0.717) is 0 Å². The zero-order valence-electron chi connectivity index (χ0n) is 3.85. The molecular formula is C4H5BO2. The molecule has 3 heteroatoms. The van der Waals surface area contributed by atoms with Crippen molar-refractivity contribution in [3.05, 3.63) is 12.2 Å². The van der Waals surface area contributed by atoms with Crippen LogP contribution in [0.15, 0.2) is 12.2 Å². The monoisotopic (exact) mass is 96.0 g/mol. The van der Waals surface area contributed by atoms with Gasteiger partial charge >= 0.3 is 5.97 Å². The molecule has 0 saturated carbocycles. The van der Waals surface area contributed by atoms with Crippen LogP contribution in [0.3, 0.4) is 0 Å². The first kappa shape index (κ1) is 6.27. The summed E-state index contributed by atoms with van der Waals surface area (Å²) in [6, 6.07) is 0. The Morgan fingerprint density at radius 2 is 2.29 bits per heavy atom. The Morgan fingerprint density at radius 1 is 1.86 bits per heavy atom. The fourth-order valence-electron chi connectivity index (χ4n) is 0.0873. The van der Waals surface area contributed by atoms with Crippen molar-refractivity contribution in [1.29, 1.82) is 0 Å². The van der Waals surface area contributed by atoms with Gasteiger partial charge in [-0.25, -0.2) is 4.79 Å². The highest BCUT2D eigenvalue weighted by Crippen LogP contribution is 1.91. The molecule has 2 radical (unpaired) electrons. The molecule has 0 fully saturated rings. The summed E-state index contributed by atoms with van der Waals surface area (Å²) in [6.07, 6.45) is 0.0231. The number of hydrogen-bond donors (Lipinski definition) is 1. The highest BCUT2D eigenvalue weighted by Gasteiger charge is 1.96. The van der Waals surface area contributed by atoms with Crippen LogP contribution in [0.5, 0.6) is 0 Å². The molecule has 0 spiro atoms. The van der Waals surface area contributed by atoms with E-state index in [1.54, 1.807) is 0 Å². The van der Waals surface area contributed by atoms with Gasteiger partial charge in [0.1, 0.15) is 0 Å². The van der Waals surface area contributed by atoms with Gasteiger partial charge in [-0.1, -0.05) is 12.9 Å². The van der Waals surface area contributed by atoms with Gasteiger partial charge in [0.15, 0.2) is 0 Å². The molecule has 0 aromatic carbocycles. The molecule has 0 aliphatic rings. The van der Waals surface area contributed by atoms with E-state index in [9.17, 15) is 4.79 Å². The van der Waals surface area contributed by atoms with Crippen LogP contribution in [0.2, 0.25) is 6.32 Å². The Hall–Kier alpha value is -0.725. The first-order valence-corrected chi connectivity index (χ1v) is 1.79. The maximum atomic E-state index is 9.75. The minimum Gasteiger partial charge on any atom is -0.478 e. The van der Waals surface area contributed by atoms with Crippen LogP contribution in [0, 0.1) is 0 Å². The normalized spacial score (nSPS) is 8.00. The third kappa shape index (κ3) is 2.03. The van der Waals surface area contributed by atoms with Gasteiger partial charge in [-0.3, -0.25) is 0 Å². The average molecular weight is 95.9 g/mol.